The van der Waals surface area contributed by atoms with Crippen molar-refractivity contribution in [1.82, 2.24) is 0 Å². The molecule has 0 N–H and O–H groups in total. The third kappa shape index (κ3) is 1.95. The zero-order valence-corrected chi connectivity index (χ0v) is 10.7. The van der Waals surface area contributed by atoms with Crippen LogP contribution in [0.5, 0.6) is 0 Å². The average molecular weight is 279 g/mol. The van der Waals surface area contributed by atoms with Crippen molar-refractivity contribution >= 4 is 21.7 Å². The lowest BCUT2D eigenvalue weighted by atomic mass is 10.0. The van der Waals surface area contributed by atoms with Crippen LogP contribution in [-0.2, 0) is 0 Å². The minimum Gasteiger partial charge on any atom is -0.460 e. The average Bonchev–Trinajstić information content (AvgIpc) is 2.67. The van der Waals surface area contributed by atoms with E-state index in [0.717, 1.165) is 11.1 Å². The van der Waals surface area contributed by atoms with Gasteiger partial charge < -0.3 is 4.42 Å². The lowest BCUT2D eigenvalue weighted by molar-refractivity contribution is 0.101. The Bertz CT molecular complexity index is 541. The van der Waals surface area contributed by atoms with Gasteiger partial charge in [-0.05, 0) is 47.5 Å². The van der Waals surface area contributed by atoms with E-state index in [1.54, 1.807) is 6.07 Å². The summed E-state index contributed by atoms with van der Waals surface area (Å²) in [6, 6.07) is 7.54. The maximum absolute atomic E-state index is 12.2. The highest BCUT2D eigenvalue weighted by molar-refractivity contribution is 9.10. The molecule has 2 rings (SSSR count). The molecular formula is C13H11BrO2. The third-order valence-electron chi connectivity index (χ3n) is 2.46. The Kier molecular flexibility index (Phi) is 2.97. The molecule has 2 nitrogen and oxygen atoms in total. The SMILES string of the molecule is Cc1ccc(C)c(C(=O)c2occc2Br)c1. The van der Waals surface area contributed by atoms with E-state index in [2.05, 4.69) is 15.9 Å². The highest BCUT2D eigenvalue weighted by Crippen LogP contribution is 2.23. The van der Waals surface area contributed by atoms with Gasteiger partial charge in [-0.1, -0.05) is 17.7 Å². The van der Waals surface area contributed by atoms with Crippen molar-refractivity contribution < 1.29 is 9.21 Å². The first-order valence-corrected chi connectivity index (χ1v) is 5.74. The zero-order valence-electron chi connectivity index (χ0n) is 9.08. The summed E-state index contributed by atoms with van der Waals surface area (Å²) in [5.74, 6) is 0.270. The first-order valence-electron chi connectivity index (χ1n) is 4.94. The molecule has 0 atom stereocenters. The predicted octanol–water partition coefficient (Wildman–Crippen LogP) is 3.89. The van der Waals surface area contributed by atoms with E-state index < -0.39 is 0 Å². The zero-order chi connectivity index (χ0) is 11.7. The number of benzene rings is 1. The van der Waals surface area contributed by atoms with Crippen LogP contribution in [0, 0.1) is 13.8 Å². The van der Waals surface area contributed by atoms with Crippen LogP contribution in [-0.4, -0.2) is 5.78 Å². The lowest BCUT2D eigenvalue weighted by Crippen LogP contribution is -2.03. The van der Waals surface area contributed by atoms with E-state index in [-0.39, 0.29) is 5.78 Å². The fraction of sp³-hybridized carbons (Fsp3) is 0.154. The van der Waals surface area contributed by atoms with E-state index in [1.807, 2.05) is 32.0 Å². The van der Waals surface area contributed by atoms with Gasteiger partial charge in [0.15, 0.2) is 5.76 Å². The number of ketones is 1. The summed E-state index contributed by atoms with van der Waals surface area (Å²) < 4.78 is 5.87. The molecule has 0 amide bonds. The minimum atomic E-state index is -0.0851. The van der Waals surface area contributed by atoms with E-state index in [4.69, 9.17) is 4.42 Å². The molecule has 1 aromatic heterocycles. The number of carbonyl (C=O) groups excluding carboxylic acids is 1. The summed E-state index contributed by atoms with van der Waals surface area (Å²) in [4.78, 5) is 12.2. The predicted molar refractivity (Wildman–Crippen MR) is 65.8 cm³/mol. The van der Waals surface area contributed by atoms with Crippen LogP contribution in [0.4, 0.5) is 0 Å². The first-order chi connectivity index (χ1) is 7.59. The molecule has 0 radical (unpaired) electrons. The van der Waals surface area contributed by atoms with Crippen molar-refractivity contribution in [3.63, 3.8) is 0 Å². The van der Waals surface area contributed by atoms with E-state index in [1.165, 1.54) is 6.26 Å². The Labute approximate surface area is 102 Å². The molecular weight excluding hydrogens is 268 g/mol. The number of aryl methyl sites for hydroxylation is 2. The largest absolute Gasteiger partial charge is 0.460 e. The molecule has 0 aliphatic heterocycles. The molecule has 0 aliphatic carbocycles. The first kappa shape index (κ1) is 11.1. The van der Waals surface area contributed by atoms with Gasteiger partial charge in [0.2, 0.25) is 5.78 Å². The van der Waals surface area contributed by atoms with Crippen LogP contribution < -0.4 is 0 Å². The van der Waals surface area contributed by atoms with Crippen molar-refractivity contribution in [2.75, 3.05) is 0 Å². The monoisotopic (exact) mass is 278 g/mol. The molecule has 1 heterocycles. The maximum Gasteiger partial charge on any atom is 0.229 e. The summed E-state index contributed by atoms with van der Waals surface area (Å²) in [6.45, 7) is 3.89. The Balaban J connectivity index is 2.49. The number of halogens is 1. The van der Waals surface area contributed by atoms with Crippen LogP contribution in [0.15, 0.2) is 39.4 Å². The number of furan rings is 1. The molecule has 0 aliphatic rings. The molecule has 2 aromatic rings. The Hall–Kier alpha value is -1.35. The second-order valence-electron chi connectivity index (χ2n) is 3.75. The van der Waals surface area contributed by atoms with Crippen LogP contribution >= 0.6 is 15.9 Å². The Morgan fingerprint density at radius 1 is 1.25 bits per heavy atom. The Morgan fingerprint density at radius 2 is 2.00 bits per heavy atom. The third-order valence-corrected chi connectivity index (χ3v) is 3.09. The summed E-state index contributed by atoms with van der Waals surface area (Å²) in [5.41, 5.74) is 2.71. The second kappa shape index (κ2) is 4.26. The molecule has 0 saturated heterocycles. The molecule has 0 bridgehead atoms. The standard InChI is InChI=1S/C13H11BrO2/c1-8-3-4-9(2)10(7-8)12(15)13-11(14)5-6-16-13/h3-7H,1-2H3. The molecule has 3 heteroatoms. The van der Waals surface area contributed by atoms with Crippen molar-refractivity contribution in [2.45, 2.75) is 13.8 Å². The minimum absolute atomic E-state index is 0.0851. The van der Waals surface area contributed by atoms with Crippen LogP contribution in [0.1, 0.15) is 27.2 Å². The highest BCUT2D eigenvalue weighted by Gasteiger charge is 2.17. The van der Waals surface area contributed by atoms with Crippen molar-refractivity contribution in [2.24, 2.45) is 0 Å². The van der Waals surface area contributed by atoms with Gasteiger partial charge in [0.1, 0.15) is 0 Å². The molecule has 82 valence electrons. The summed E-state index contributed by atoms with van der Waals surface area (Å²) in [5, 5.41) is 0. The molecule has 0 spiro atoms. The van der Waals surface area contributed by atoms with Gasteiger partial charge in [0, 0.05) is 5.56 Å². The van der Waals surface area contributed by atoms with Crippen molar-refractivity contribution in [3.8, 4) is 0 Å². The van der Waals surface area contributed by atoms with Gasteiger partial charge in [-0.25, -0.2) is 0 Å². The van der Waals surface area contributed by atoms with Crippen LogP contribution in [0.25, 0.3) is 0 Å². The normalized spacial score (nSPS) is 10.4. The number of carbonyl (C=O) groups is 1. The summed E-state index contributed by atoms with van der Waals surface area (Å²) >= 11 is 3.29. The summed E-state index contributed by atoms with van der Waals surface area (Å²) in [6.07, 6.45) is 1.50. The number of hydrogen-bond donors (Lipinski definition) is 0. The van der Waals surface area contributed by atoms with Gasteiger partial charge in [-0.3, -0.25) is 4.79 Å². The second-order valence-corrected chi connectivity index (χ2v) is 4.60. The smallest absolute Gasteiger partial charge is 0.229 e. The van der Waals surface area contributed by atoms with Gasteiger partial charge in [-0.2, -0.15) is 0 Å². The van der Waals surface area contributed by atoms with E-state index in [9.17, 15) is 4.79 Å². The molecule has 0 fully saturated rings. The topological polar surface area (TPSA) is 30.2 Å². The van der Waals surface area contributed by atoms with Crippen molar-refractivity contribution in [1.29, 1.82) is 0 Å². The fourth-order valence-corrected chi connectivity index (χ4v) is 1.94. The van der Waals surface area contributed by atoms with E-state index in [0.29, 0.717) is 15.8 Å². The fourth-order valence-electron chi connectivity index (χ4n) is 1.56. The maximum atomic E-state index is 12.2. The Morgan fingerprint density at radius 3 is 2.62 bits per heavy atom. The van der Waals surface area contributed by atoms with Crippen LogP contribution in [0.2, 0.25) is 0 Å². The van der Waals surface area contributed by atoms with Crippen LogP contribution in [0.3, 0.4) is 0 Å². The molecule has 0 unspecified atom stereocenters. The molecule has 1 aromatic carbocycles. The number of hydrogen-bond acceptors (Lipinski definition) is 2. The highest BCUT2D eigenvalue weighted by atomic mass is 79.9. The van der Waals surface area contributed by atoms with E-state index >= 15 is 0 Å². The van der Waals surface area contributed by atoms with Gasteiger partial charge >= 0.3 is 0 Å². The summed E-state index contributed by atoms with van der Waals surface area (Å²) in [7, 11) is 0. The lowest BCUT2D eigenvalue weighted by Gasteiger charge is -2.04. The molecule has 16 heavy (non-hydrogen) atoms. The van der Waals surface area contributed by atoms with Gasteiger partial charge in [0.05, 0.1) is 10.7 Å². The quantitative estimate of drug-likeness (QED) is 0.781. The van der Waals surface area contributed by atoms with Gasteiger partial charge in [0.25, 0.3) is 0 Å². The molecule has 0 saturated carbocycles. The number of rotatable bonds is 2. The van der Waals surface area contributed by atoms with Crippen molar-refractivity contribution in [3.05, 3.63) is 57.5 Å². The van der Waals surface area contributed by atoms with Gasteiger partial charge in [-0.15, -0.1) is 0 Å².